The van der Waals surface area contributed by atoms with E-state index >= 15 is 0 Å². The molecule has 2 aromatic rings. The number of nitrogens with one attached hydrogen (secondary N) is 1. The number of carbonyl (C=O) groups is 2. The van der Waals surface area contributed by atoms with E-state index in [0.717, 1.165) is 24.2 Å². The quantitative estimate of drug-likeness (QED) is 0.591. The molecule has 0 aliphatic rings. The second kappa shape index (κ2) is 11.9. The standard InChI is InChI=1S/C24H32N2O4/c1-5-15-26(16-23(27)25-20-12-8-10-14-22(20)29-4)24(28)17-30-21-13-9-7-11-19(21)18(3)6-2/h7-14,18H,5-6,15-17H2,1-4H3,(H,25,27). The Bertz CT molecular complexity index is 837. The van der Waals surface area contributed by atoms with Crippen LogP contribution in [0.4, 0.5) is 5.69 Å². The molecule has 2 rings (SSSR count). The predicted molar refractivity (Wildman–Crippen MR) is 119 cm³/mol. The summed E-state index contributed by atoms with van der Waals surface area (Å²) < 4.78 is 11.1. The molecular weight excluding hydrogens is 380 g/mol. The zero-order valence-corrected chi connectivity index (χ0v) is 18.3. The molecule has 0 saturated heterocycles. The Balaban J connectivity index is 2.00. The highest BCUT2D eigenvalue weighted by atomic mass is 16.5. The van der Waals surface area contributed by atoms with Crippen molar-refractivity contribution in [1.29, 1.82) is 0 Å². The highest BCUT2D eigenvalue weighted by molar-refractivity contribution is 5.95. The van der Waals surface area contributed by atoms with Crippen LogP contribution in [0.1, 0.15) is 45.1 Å². The summed E-state index contributed by atoms with van der Waals surface area (Å²) in [5, 5.41) is 2.81. The van der Waals surface area contributed by atoms with Gasteiger partial charge in [-0.15, -0.1) is 0 Å². The van der Waals surface area contributed by atoms with Gasteiger partial charge in [0.05, 0.1) is 19.3 Å². The highest BCUT2D eigenvalue weighted by Crippen LogP contribution is 2.28. The Kier molecular flexibility index (Phi) is 9.19. The van der Waals surface area contributed by atoms with E-state index in [1.807, 2.05) is 43.3 Å². The van der Waals surface area contributed by atoms with Crippen molar-refractivity contribution in [3.8, 4) is 11.5 Å². The third-order valence-electron chi connectivity index (χ3n) is 4.98. The van der Waals surface area contributed by atoms with E-state index < -0.39 is 0 Å². The summed E-state index contributed by atoms with van der Waals surface area (Å²) in [6, 6.07) is 15.0. The van der Waals surface area contributed by atoms with Crippen molar-refractivity contribution >= 4 is 17.5 Å². The van der Waals surface area contributed by atoms with E-state index in [1.165, 1.54) is 4.90 Å². The maximum Gasteiger partial charge on any atom is 0.260 e. The Morgan fingerprint density at radius 3 is 2.37 bits per heavy atom. The Hall–Kier alpha value is -3.02. The Morgan fingerprint density at radius 1 is 1.03 bits per heavy atom. The summed E-state index contributed by atoms with van der Waals surface area (Å²) in [4.78, 5) is 26.8. The minimum atomic E-state index is -0.277. The van der Waals surface area contributed by atoms with Crippen molar-refractivity contribution in [3.63, 3.8) is 0 Å². The number of nitrogens with zero attached hydrogens (tertiary/aromatic N) is 1. The van der Waals surface area contributed by atoms with Gasteiger partial charge in [0.25, 0.3) is 5.91 Å². The molecule has 162 valence electrons. The van der Waals surface area contributed by atoms with Crippen molar-refractivity contribution in [2.75, 3.05) is 32.1 Å². The topological polar surface area (TPSA) is 67.9 Å². The van der Waals surface area contributed by atoms with Crippen LogP contribution < -0.4 is 14.8 Å². The lowest BCUT2D eigenvalue weighted by atomic mass is 9.98. The third kappa shape index (κ3) is 6.51. The number of amides is 2. The Morgan fingerprint density at radius 2 is 1.70 bits per heavy atom. The number of para-hydroxylation sites is 3. The molecule has 0 saturated carbocycles. The first-order valence-electron chi connectivity index (χ1n) is 10.4. The molecule has 6 nitrogen and oxygen atoms in total. The van der Waals surface area contributed by atoms with E-state index in [4.69, 9.17) is 9.47 Å². The maximum absolute atomic E-state index is 12.8. The molecule has 0 aliphatic carbocycles. The average Bonchev–Trinajstić information content (AvgIpc) is 2.77. The SMILES string of the molecule is CCCN(CC(=O)Nc1ccccc1OC)C(=O)COc1ccccc1C(C)CC. The van der Waals surface area contributed by atoms with Gasteiger partial charge in [-0.25, -0.2) is 0 Å². The van der Waals surface area contributed by atoms with E-state index in [9.17, 15) is 9.59 Å². The molecule has 0 bridgehead atoms. The fourth-order valence-electron chi connectivity index (χ4n) is 3.14. The molecule has 1 unspecified atom stereocenters. The molecule has 30 heavy (non-hydrogen) atoms. The first-order valence-corrected chi connectivity index (χ1v) is 10.4. The van der Waals surface area contributed by atoms with Crippen LogP contribution in [-0.2, 0) is 9.59 Å². The van der Waals surface area contributed by atoms with Gasteiger partial charge in [-0.05, 0) is 42.5 Å². The number of benzene rings is 2. The van der Waals surface area contributed by atoms with Gasteiger partial charge in [0, 0.05) is 6.54 Å². The summed E-state index contributed by atoms with van der Waals surface area (Å²) >= 11 is 0. The molecule has 0 aromatic heterocycles. The van der Waals surface area contributed by atoms with E-state index in [1.54, 1.807) is 19.2 Å². The van der Waals surface area contributed by atoms with Gasteiger partial charge in [0.15, 0.2) is 6.61 Å². The van der Waals surface area contributed by atoms with Crippen LogP contribution >= 0.6 is 0 Å². The van der Waals surface area contributed by atoms with Crippen molar-refractivity contribution in [2.45, 2.75) is 39.5 Å². The second-order valence-corrected chi connectivity index (χ2v) is 7.20. The molecule has 1 N–H and O–H groups in total. The van der Waals surface area contributed by atoms with Crippen LogP contribution in [0.3, 0.4) is 0 Å². The lowest BCUT2D eigenvalue weighted by Gasteiger charge is -2.23. The first-order chi connectivity index (χ1) is 14.5. The number of rotatable bonds is 11. The van der Waals surface area contributed by atoms with Crippen molar-refractivity contribution in [1.82, 2.24) is 4.90 Å². The van der Waals surface area contributed by atoms with Gasteiger partial charge < -0.3 is 19.7 Å². The third-order valence-corrected chi connectivity index (χ3v) is 4.98. The van der Waals surface area contributed by atoms with Crippen molar-refractivity contribution < 1.29 is 19.1 Å². The molecule has 0 fully saturated rings. The zero-order chi connectivity index (χ0) is 21.9. The largest absolute Gasteiger partial charge is 0.495 e. The van der Waals surface area contributed by atoms with Gasteiger partial charge in [-0.3, -0.25) is 9.59 Å². The summed E-state index contributed by atoms with van der Waals surface area (Å²) in [7, 11) is 1.55. The molecule has 2 amide bonds. The Labute approximate surface area is 179 Å². The molecular formula is C24H32N2O4. The molecule has 1 atom stereocenters. The van der Waals surface area contributed by atoms with E-state index in [0.29, 0.717) is 23.9 Å². The minimum absolute atomic E-state index is 0.0406. The average molecular weight is 413 g/mol. The normalized spacial score (nSPS) is 11.5. The summed E-state index contributed by atoms with van der Waals surface area (Å²) in [5.41, 5.74) is 1.66. The maximum atomic E-state index is 12.8. The fourth-order valence-corrected chi connectivity index (χ4v) is 3.14. The lowest BCUT2D eigenvalue weighted by molar-refractivity contribution is -0.136. The zero-order valence-electron chi connectivity index (χ0n) is 18.3. The second-order valence-electron chi connectivity index (χ2n) is 7.20. The van der Waals surface area contributed by atoms with Crippen molar-refractivity contribution in [2.24, 2.45) is 0 Å². The number of carbonyl (C=O) groups excluding carboxylic acids is 2. The van der Waals surface area contributed by atoms with E-state index in [-0.39, 0.29) is 25.0 Å². The number of hydrogen-bond acceptors (Lipinski definition) is 4. The smallest absolute Gasteiger partial charge is 0.260 e. The van der Waals surface area contributed by atoms with Crippen LogP contribution in [-0.4, -0.2) is 43.5 Å². The van der Waals surface area contributed by atoms with Crippen LogP contribution in [0.5, 0.6) is 11.5 Å². The van der Waals surface area contributed by atoms with Crippen LogP contribution in [0.15, 0.2) is 48.5 Å². The van der Waals surface area contributed by atoms with Crippen LogP contribution in [0.2, 0.25) is 0 Å². The van der Waals surface area contributed by atoms with E-state index in [2.05, 4.69) is 19.2 Å². The fraction of sp³-hybridized carbons (Fsp3) is 0.417. The van der Waals surface area contributed by atoms with Gasteiger partial charge in [-0.2, -0.15) is 0 Å². The first kappa shape index (κ1) is 23.3. The lowest BCUT2D eigenvalue weighted by Crippen LogP contribution is -2.41. The van der Waals surface area contributed by atoms with Crippen molar-refractivity contribution in [3.05, 3.63) is 54.1 Å². The summed E-state index contributed by atoms with van der Waals surface area (Å²) in [5.74, 6) is 1.14. The van der Waals surface area contributed by atoms with Crippen LogP contribution in [0, 0.1) is 0 Å². The number of methoxy groups -OCH3 is 1. The van der Waals surface area contributed by atoms with Crippen LogP contribution in [0.25, 0.3) is 0 Å². The molecule has 0 heterocycles. The monoisotopic (exact) mass is 412 g/mol. The number of hydrogen-bond donors (Lipinski definition) is 1. The molecule has 0 spiro atoms. The summed E-state index contributed by atoms with van der Waals surface area (Å²) in [6.45, 7) is 6.56. The molecule has 0 radical (unpaired) electrons. The predicted octanol–water partition coefficient (Wildman–Crippen LogP) is 4.46. The number of anilines is 1. The van der Waals surface area contributed by atoms with Gasteiger partial charge in [0.2, 0.25) is 5.91 Å². The molecule has 2 aromatic carbocycles. The molecule has 6 heteroatoms. The molecule has 0 aliphatic heterocycles. The summed E-state index contributed by atoms with van der Waals surface area (Å²) in [6.07, 6.45) is 1.73. The van der Waals surface area contributed by atoms with Gasteiger partial charge in [0.1, 0.15) is 11.5 Å². The highest BCUT2D eigenvalue weighted by Gasteiger charge is 2.19. The number of ether oxygens (including phenoxy) is 2. The van der Waals surface area contributed by atoms with Gasteiger partial charge in [-0.1, -0.05) is 51.1 Å². The minimum Gasteiger partial charge on any atom is -0.495 e. The van der Waals surface area contributed by atoms with Gasteiger partial charge >= 0.3 is 0 Å².